The summed E-state index contributed by atoms with van der Waals surface area (Å²) in [6, 6.07) is 3.53. The van der Waals surface area contributed by atoms with Crippen LogP contribution < -0.4 is 5.32 Å². The van der Waals surface area contributed by atoms with Crippen LogP contribution in [0.15, 0.2) is 18.2 Å². The molecule has 1 fully saturated rings. The second kappa shape index (κ2) is 12.3. The number of aromatic nitrogens is 2. The summed E-state index contributed by atoms with van der Waals surface area (Å²) in [4.78, 5) is 48.8. The molecule has 4 N–H and O–H groups in total. The van der Waals surface area contributed by atoms with Crippen molar-refractivity contribution in [3.8, 4) is 17.6 Å². The minimum Gasteiger partial charge on any atom is -0.504 e. The number of aromatic hydroxyl groups is 2. The number of hydrogen-bond donors (Lipinski definition) is 4. The molecule has 3 rings (SSSR count). The third-order valence-electron chi connectivity index (χ3n) is 6.42. The molecule has 12 heteroatoms. The summed E-state index contributed by atoms with van der Waals surface area (Å²) in [5.74, 6) is -2.89. The highest BCUT2D eigenvalue weighted by Crippen LogP contribution is 2.25. The molecule has 12 nitrogen and oxygen atoms in total. The Hall–Kier alpha value is -4.24. The minimum atomic E-state index is -1.59. The Kier molecular flexibility index (Phi) is 9.20. The molecular weight excluding hydrogens is 494 g/mol. The Morgan fingerprint density at radius 1 is 1.16 bits per heavy atom. The number of amides is 2. The second-order valence-corrected chi connectivity index (χ2v) is 9.19. The zero-order valence-electron chi connectivity index (χ0n) is 21.5. The monoisotopic (exact) mass is 525 g/mol. The molecule has 3 atom stereocenters. The van der Waals surface area contributed by atoms with Gasteiger partial charge < -0.3 is 30.3 Å². The number of phenols is 2. The molecule has 38 heavy (non-hydrogen) atoms. The highest BCUT2D eigenvalue weighted by molar-refractivity contribution is 5.92. The Bertz CT molecular complexity index is 1260. The summed E-state index contributed by atoms with van der Waals surface area (Å²) in [5.41, 5.74) is 3.03. The molecule has 3 unspecified atom stereocenters. The number of esters is 1. The van der Waals surface area contributed by atoms with E-state index in [4.69, 9.17) is 4.74 Å². The first-order chi connectivity index (χ1) is 18.0. The number of phenolic OH excluding ortho intramolecular Hbond substituents is 2. The maximum Gasteiger partial charge on any atom is 0.329 e. The van der Waals surface area contributed by atoms with Crippen molar-refractivity contribution in [2.75, 3.05) is 6.54 Å². The molecule has 1 aromatic carbocycles. The van der Waals surface area contributed by atoms with Crippen molar-refractivity contribution in [3.63, 3.8) is 0 Å². The third kappa shape index (κ3) is 6.74. The molecular formula is C26H31N5O7. The number of benzene rings is 1. The molecule has 2 amide bonds. The molecule has 1 aliphatic rings. The molecule has 1 aromatic heterocycles. The lowest BCUT2D eigenvalue weighted by Gasteiger charge is -2.27. The number of nitrogens with zero attached hydrogens (tertiary/aromatic N) is 4. The molecule has 2 aromatic rings. The van der Waals surface area contributed by atoms with Gasteiger partial charge in [-0.2, -0.15) is 5.26 Å². The van der Waals surface area contributed by atoms with E-state index in [1.807, 2.05) is 13.0 Å². The van der Waals surface area contributed by atoms with Gasteiger partial charge in [0.15, 0.2) is 11.5 Å². The molecule has 0 radical (unpaired) electrons. The topological polar surface area (TPSA) is 186 Å². The number of nitriles is 1. The zero-order valence-corrected chi connectivity index (χ0v) is 21.5. The van der Waals surface area contributed by atoms with Crippen LogP contribution in [-0.4, -0.2) is 72.7 Å². The number of carbonyl (C=O) groups excluding carboxylic acids is 3. The van der Waals surface area contributed by atoms with Crippen molar-refractivity contribution in [1.29, 1.82) is 5.26 Å². The molecule has 0 saturated carbocycles. The van der Waals surface area contributed by atoms with E-state index in [2.05, 4.69) is 15.3 Å². The van der Waals surface area contributed by atoms with Crippen LogP contribution >= 0.6 is 0 Å². The van der Waals surface area contributed by atoms with Crippen LogP contribution in [0.3, 0.4) is 0 Å². The van der Waals surface area contributed by atoms with Gasteiger partial charge in [0, 0.05) is 13.0 Å². The molecule has 0 aliphatic carbocycles. The van der Waals surface area contributed by atoms with Gasteiger partial charge in [-0.1, -0.05) is 6.07 Å². The van der Waals surface area contributed by atoms with Gasteiger partial charge in [0.1, 0.15) is 24.8 Å². The van der Waals surface area contributed by atoms with Crippen LogP contribution in [0.1, 0.15) is 47.6 Å². The fourth-order valence-corrected chi connectivity index (χ4v) is 4.18. The predicted molar refractivity (Wildman–Crippen MR) is 132 cm³/mol. The number of hydrogen-bond acceptors (Lipinski definition) is 10. The number of aryl methyl sites for hydroxylation is 3. The lowest BCUT2D eigenvalue weighted by atomic mass is 10.1. The number of rotatable bonds is 9. The van der Waals surface area contributed by atoms with E-state index in [1.54, 1.807) is 13.8 Å². The van der Waals surface area contributed by atoms with Crippen LogP contribution in [-0.2, 0) is 32.1 Å². The molecule has 202 valence electrons. The van der Waals surface area contributed by atoms with Gasteiger partial charge in [-0.05, 0) is 51.3 Å². The van der Waals surface area contributed by atoms with Crippen molar-refractivity contribution < 1.29 is 34.4 Å². The molecule has 1 aliphatic heterocycles. The highest BCUT2D eigenvalue weighted by atomic mass is 16.5. The van der Waals surface area contributed by atoms with Gasteiger partial charge in [0.25, 0.3) is 0 Å². The maximum atomic E-state index is 13.2. The zero-order chi connectivity index (χ0) is 28.0. The lowest BCUT2D eigenvalue weighted by molar-refractivity contribution is -0.155. The van der Waals surface area contributed by atoms with Crippen LogP contribution in [0.5, 0.6) is 11.5 Å². The number of likely N-dealkylation sites (tertiary alicyclic amines) is 1. The first kappa shape index (κ1) is 28.3. The van der Waals surface area contributed by atoms with Crippen LogP contribution in [0.25, 0.3) is 0 Å². The summed E-state index contributed by atoms with van der Waals surface area (Å²) in [6.45, 7) is 5.55. The number of aliphatic hydroxyl groups excluding tert-OH is 1. The van der Waals surface area contributed by atoms with Gasteiger partial charge in [0.05, 0.1) is 35.3 Å². The number of nitrogens with one attached hydrogen (secondary N) is 1. The fourth-order valence-electron chi connectivity index (χ4n) is 4.18. The standard InChI is InChI=1S/C26H31N5O7/c1-14-15(2)29-19(16(3)28-14)13-38-26(37)20-5-4-10-31(20)25(36)18(8-9-27)30-24(35)23(34)12-17-6-7-21(32)22(33)11-17/h6-7,11,18,20,23,32-34H,4-5,8,10,12-13H2,1-3H3,(H,30,35). The van der Waals surface area contributed by atoms with Crippen molar-refractivity contribution in [2.24, 2.45) is 0 Å². The normalized spacial score (nSPS) is 16.4. The summed E-state index contributed by atoms with van der Waals surface area (Å²) in [7, 11) is 0. The number of aliphatic hydroxyl groups is 1. The minimum absolute atomic E-state index is 0.102. The average Bonchev–Trinajstić information content (AvgIpc) is 3.37. The number of ether oxygens (including phenoxy) is 1. The van der Waals surface area contributed by atoms with Gasteiger partial charge in [-0.25, -0.2) is 4.79 Å². The van der Waals surface area contributed by atoms with Crippen molar-refractivity contribution in [1.82, 2.24) is 20.2 Å². The Balaban J connectivity index is 1.64. The summed E-state index contributed by atoms with van der Waals surface area (Å²) in [5, 5.41) is 41.0. The van der Waals surface area contributed by atoms with E-state index in [-0.39, 0.29) is 31.7 Å². The second-order valence-electron chi connectivity index (χ2n) is 9.19. The first-order valence-corrected chi connectivity index (χ1v) is 12.2. The quantitative estimate of drug-likeness (QED) is 0.270. The van der Waals surface area contributed by atoms with E-state index in [1.165, 1.54) is 23.1 Å². The van der Waals surface area contributed by atoms with Gasteiger partial charge in [0.2, 0.25) is 11.8 Å². The highest BCUT2D eigenvalue weighted by Gasteiger charge is 2.39. The van der Waals surface area contributed by atoms with Crippen LogP contribution in [0.2, 0.25) is 0 Å². The van der Waals surface area contributed by atoms with E-state index < -0.39 is 41.7 Å². The number of carbonyl (C=O) groups is 3. The van der Waals surface area contributed by atoms with Gasteiger partial charge in [-0.15, -0.1) is 0 Å². The van der Waals surface area contributed by atoms with Gasteiger partial charge in [-0.3, -0.25) is 19.6 Å². The van der Waals surface area contributed by atoms with Crippen molar-refractivity contribution in [3.05, 3.63) is 46.5 Å². The molecule has 2 heterocycles. The predicted octanol–water partition coefficient (Wildman–Crippen LogP) is 0.849. The van der Waals surface area contributed by atoms with Crippen molar-refractivity contribution in [2.45, 2.75) is 71.2 Å². The fraction of sp³-hybridized carbons (Fsp3) is 0.462. The third-order valence-corrected chi connectivity index (χ3v) is 6.42. The molecule has 1 saturated heterocycles. The van der Waals surface area contributed by atoms with E-state index in [0.29, 0.717) is 29.8 Å². The van der Waals surface area contributed by atoms with Crippen LogP contribution in [0, 0.1) is 32.1 Å². The van der Waals surface area contributed by atoms with E-state index in [9.17, 15) is 35.0 Å². The Labute approximate surface area is 219 Å². The smallest absolute Gasteiger partial charge is 0.329 e. The largest absolute Gasteiger partial charge is 0.504 e. The Morgan fingerprint density at radius 3 is 2.55 bits per heavy atom. The van der Waals surface area contributed by atoms with Crippen LogP contribution in [0.4, 0.5) is 0 Å². The summed E-state index contributed by atoms with van der Waals surface area (Å²) < 4.78 is 5.45. The SMILES string of the molecule is Cc1nc(C)c(COC(=O)C2CCCN2C(=O)C(CC#N)NC(=O)C(O)Cc2ccc(O)c(O)c2)nc1C. The lowest BCUT2D eigenvalue weighted by Crippen LogP contribution is -2.53. The molecule has 0 bridgehead atoms. The maximum absolute atomic E-state index is 13.2. The average molecular weight is 526 g/mol. The van der Waals surface area contributed by atoms with Gasteiger partial charge >= 0.3 is 5.97 Å². The van der Waals surface area contributed by atoms with E-state index in [0.717, 1.165) is 11.4 Å². The summed E-state index contributed by atoms with van der Waals surface area (Å²) in [6.07, 6.45) is -1.26. The first-order valence-electron chi connectivity index (χ1n) is 12.2. The molecule has 0 spiro atoms. The Morgan fingerprint density at radius 2 is 1.87 bits per heavy atom. The van der Waals surface area contributed by atoms with Crippen molar-refractivity contribution >= 4 is 17.8 Å². The summed E-state index contributed by atoms with van der Waals surface area (Å²) >= 11 is 0. The van der Waals surface area contributed by atoms with E-state index >= 15 is 0 Å².